The van der Waals surface area contributed by atoms with Gasteiger partial charge >= 0.3 is 0 Å². The van der Waals surface area contributed by atoms with Crippen LogP contribution in [-0.4, -0.2) is 6.04 Å². The molecule has 2 atom stereocenters. The molecule has 106 valence electrons. The Bertz CT molecular complexity index is 383. The predicted octanol–water partition coefficient (Wildman–Crippen LogP) is 5.35. The summed E-state index contributed by atoms with van der Waals surface area (Å²) in [6.07, 6.45) is 8.43. The molecule has 0 radical (unpaired) electrons. The van der Waals surface area contributed by atoms with Crippen molar-refractivity contribution in [2.45, 2.75) is 64.5 Å². The Balaban J connectivity index is 1.92. The van der Waals surface area contributed by atoms with Gasteiger partial charge in [-0.25, -0.2) is 0 Å². The molecular weight excluding hydrogens is 254 g/mol. The van der Waals surface area contributed by atoms with E-state index in [2.05, 4.69) is 31.3 Å². The molecule has 1 aliphatic carbocycles. The highest BCUT2D eigenvalue weighted by molar-refractivity contribution is 6.30. The lowest BCUT2D eigenvalue weighted by atomic mass is 9.92. The van der Waals surface area contributed by atoms with Crippen LogP contribution in [0.4, 0.5) is 0 Å². The van der Waals surface area contributed by atoms with Crippen molar-refractivity contribution in [3.63, 3.8) is 0 Å². The third-order valence-electron chi connectivity index (χ3n) is 4.47. The van der Waals surface area contributed by atoms with Gasteiger partial charge < -0.3 is 5.32 Å². The van der Waals surface area contributed by atoms with E-state index < -0.39 is 0 Å². The van der Waals surface area contributed by atoms with Crippen molar-refractivity contribution in [1.29, 1.82) is 0 Å². The van der Waals surface area contributed by atoms with E-state index in [-0.39, 0.29) is 0 Å². The Morgan fingerprint density at radius 2 is 1.79 bits per heavy atom. The SMILES string of the molecule is CC(N[C@@H](C)C1CCCCCC1)c1cccc(Cl)c1. The second kappa shape index (κ2) is 7.31. The molecule has 0 amide bonds. The third kappa shape index (κ3) is 4.50. The van der Waals surface area contributed by atoms with Crippen LogP contribution in [0.25, 0.3) is 0 Å². The molecule has 0 saturated heterocycles. The zero-order valence-electron chi connectivity index (χ0n) is 12.2. The van der Waals surface area contributed by atoms with Gasteiger partial charge in [-0.05, 0) is 50.3 Å². The lowest BCUT2D eigenvalue weighted by Crippen LogP contribution is -2.35. The highest BCUT2D eigenvalue weighted by Crippen LogP contribution is 2.27. The summed E-state index contributed by atoms with van der Waals surface area (Å²) in [6.45, 7) is 4.58. The zero-order valence-corrected chi connectivity index (χ0v) is 12.9. The van der Waals surface area contributed by atoms with E-state index in [1.165, 1.54) is 44.1 Å². The van der Waals surface area contributed by atoms with Crippen LogP contribution in [0.2, 0.25) is 5.02 Å². The Labute approximate surface area is 122 Å². The number of rotatable bonds is 4. The first-order valence-electron chi connectivity index (χ1n) is 7.68. The highest BCUT2D eigenvalue weighted by atomic mass is 35.5. The molecule has 1 fully saturated rings. The van der Waals surface area contributed by atoms with Crippen molar-refractivity contribution in [3.05, 3.63) is 34.9 Å². The molecule has 1 N–H and O–H groups in total. The largest absolute Gasteiger partial charge is 0.307 e. The van der Waals surface area contributed by atoms with Crippen LogP contribution < -0.4 is 5.32 Å². The first-order chi connectivity index (χ1) is 9.16. The van der Waals surface area contributed by atoms with E-state index in [9.17, 15) is 0 Å². The number of hydrogen-bond donors (Lipinski definition) is 1. The van der Waals surface area contributed by atoms with Crippen LogP contribution >= 0.6 is 11.6 Å². The Kier molecular flexibility index (Phi) is 5.72. The van der Waals surface area contributed by atoms with Gasteiger partial charge in [0.05, 0.1) is 0 Å². The van der Waals surface area contributed by atoms with Crippen molar-refractivity contribution < 1.29 is 0 Å². The van der Waals surface area contributed by atoms with Gasteiger partial charge in [-0.3, -0.25) is 0 Å². The Hall–Kier alpha value is -0.530. The molecule has 0 spiro atoms. The molecule has 1 aromatic carbocycles. The minimum atomic E-state index is 0.372. The van der Waals surface area contributed by atoms with Gasteiger partial charge in [-0.15, -0.1) is 0 Å². The van der Waals surface area contributed by atoms with Gasteiger partial charge in [-0.1, -0.05) is 49.4 Å². The van der Waals surface area contributed by atoms with E-state index in [0.29, 0.717) is 12.1 Å². The Morgan fingerprint density at radius 1 is 1.11 bits per heavy atom. The summed E-state index contributed by atoms with van der Waals surface area (Å²) in [5.74, 6) is 0.837. The van der Waals surface area contributed by atoms with Gasteiger partial charge in [0.2, 0.25) is 0 Å². The summed E-state index contributed by atoms with van der Waals surface area (Å²) >= 11 is 6.07. The molecule has 2 rings (SSSR count). The first kappa shape index (κ1) is 14.9. The first-order valence-corrected chi connectivity index (χ1v) is 8.06. The van der Waals surface area contributed by atoms with Crippen LogP contribution in [0.1, 0.15) is 64.0 Å². The lowest BCUT2D eigenvalue weighted by molar-refractivity contribution is 0.316. The fourth-order valence-corrected chi connectivity index (χ4v) is 3.41. The topological polar surface area (TPSA) is 12.0 Å². The summed E-state index contributed by atoms with van der Waals surface area (Å²) in [5, 5.41) is 4.59. The summed E-state index contributed by atoms with van der Waals surface area (Å²) in [5.41, 5.74) is 1.29. The molecule has 1 saturated carbocycles. The second-order valence-electron chi connectivity index (χ2n) is 5.98. The average Bonchev–Trinajstić information content (AvgIpc) is 2.67. The van der Waals surface area contributed by atoms with Crippen molar-refractivity contribution >= 4 is 11.6 Å². The van der Waals surface area contributed by atoms with E-state index in [4.69, 9.17) is 11.6 Å². The summed E-state index contributed by atoms with van der Waals surface area (Å²) in [7, 11) is 0. The molecule has 1 aromatic rings. The summed E-state index contributed by atoms with van der Waals surface area (Å²) in [6, 6.07) is 9.16. The van der Waals surface area contributed by atoms with Crippen LogP contribution in [-0.2, 0) is 0 Å². The van der Waals surface area contributed by atoms with Gasteiger partial charge in [0.15, 0.2) is 0 Å². The molecule has 2 heteroatoms. The normalized spacial score (nSPS) is 20.8. The standard InChI is InChI=1S/C17H26ClN/c1-13(15-8-5-3-4-6-9-15)19-14(2)16-10-7-11-17(18)12-16/h7,10-15,19H,3-6,8-9H2,1-2H3/t13-,14?/m0/s1. The number of halogens is 1. The van der Waals surface area contributed by atoms with Crippen LogP contribution in [0.15, 0.2) is 24.3 Å². The molecule has 1 unspecified atom stereocenters. The maximum Gasteiger partial charge on any atom is 0.0409 e. The summed E-state index contributed by atoms with van der Waals surface area (Å²) in [4.78, 5) is 0. The second-order valence-corrected chi connectivity index (χ2v) is 6.42. The summed E-state index contributed by atoms with van der Waals surface area (Å²) < 4.78 is 0. The molecular formula is C17H26ClN. The number of hydrogen-bond acceptors (Lipinski definition) is 1. The number of nitrogens with one attached hydrogen (secondary N) is 1. The average molecular weight is 280 g/mol. The molecule has 0 heterocycles. The van der Waals surface area contributed by atoms with Gasteiger partial charge in [0.25, 0.3) is 0 Å². The smallest absolute Gasteiger partial charge is 0.0409 e. The molecule has 1 aliphatic rings. The minimum Gasteiger partial charge on any atom is -0.307 e. The van der Waals surface area contributed by atoms with E-state index in [1.54, 1.807) is 0 Å². The van der Waals surface area contributed by atoms with Crippen molar-refractivity contribution in [3.8, 4) is 0 Å². The van der Waals surface area contributed by atoms with Crippen molar-refractivity contribution in [2.24, 2.45) is 5.92 Å². The van der Waals surface area contributed by atoms with Gasteiger partial charge in [0.1, 0.15) is 0 Å². The van der Waals surface area contributed by atoms with Crippen molar-refractivity contribution in [2.75, 3.05) is 0 Å². The van der Waals surface area contributed by atoms with Crippen LogP contribution in [0, 0.1) is 5.92 Å². The predicted molar refractivity (Wildman–Crippen MR) is 83.7 cm³/mol. The minimum absolute atomic E-state index is 0.372. The fraction of sp³-hybridized carbons (Fsp3) is 0.647. The molecule has 0 bridgehead atoms. The zero-order chi connectivity index (χ0) is 13.7. The number of benzene rings is 1. The van der Waals surface area contributed by atoms with Gasteiger partial charge in [-0.2, -0.15) is 0 Å². The monoisotopic (exact) mass is 279 g/mol. The fourth-order valence-electron chi connectivity index (χ4n) is 3.21. The van der Waals surface area contributed by atoms with Crippen LogP contribution in [0.3, 0.4) is 0 Å². The van der Waals surface area contributed by atoms with E-state index >= 15 is 0 Å². The highest BCUT2D eigenvalue weighted by Gasteiger charge is 2.20. The third-order valence-corrected chi connectivity index (χ3v) is 4.70. The van der Waals surface area contributed by atoms with E-state index in [0.717, 1.165) is 10.9 Å². The molecule has 19 heavy (non-hydrogen) atoms. The molecule has 1 nitrogen and oxygen atoms in total. The van der Waals surface area contributed by atoms with E-state index in [1.807, 2.05) is 12.1 Å². The van der Waals surface area contributed by atoms with Crippen molar-refractivity contribution in [1.82, 2.24) is 5.32 Å². The van der Waals surface area contributed by atoms with Crippen LogP contribution in [0.5, 0.6) is 0 Å². The van der Waals surface area contributed by atoms with Gasteiger partial charge in [0, 0.05) is 17.1 Å². The maximum atomic E-state index is 6.07. The molecule has 0 aliphatic heterocycles. The maximum absolute atomic E-state index is 6.07. The Morgan fingerprint density at radius 3 is 2.42 bits per heavy atom. The lowest BCUT2D eigenvalue weighted by Gasteiger charge is -2.27. The molecule has 0 aromatic heterocycles. The quantitative estimate of drug-likeness (QED) is 0.733.